The lowest BCUT2D eigenvalue weighted by Crippen LogP contribution is -2.48. The molecule has 0 bridgehead atoms. The van der Waals surface area contributed by atoms with Gasteiger partial charge in [-0.25, -0.2) is 0 Å². The van der Waals surface area contributed by atoms with Crippen molar-refractivity contribution in [1.82, 2.24) is 14.7 Å². The molecule has 2 N–H and O–H groups in total. The second-order valence-electron chi connectivity index (χ2n) is 12.1. The molecule has 4 aliphatic rings. The summed E-state index contributed by atoms with van der Waals surface area (Å²) in [4.78, 5) is 6.79. The highest BCUT2D eigenvalue weighted by molar-refractivity contribution is 7.86. The summed E-state index contributed by atoms with van der Waals surface area (Å²) >= 11 is 26.3. The Balaban J connectivity index is 1.56. The van der Waals surface area contributed by atoms with Gasteiger partial charge in [0, 0.05) is 32.5 Å². The van der Waals surface area contributed by atoms with E-state index in [1.807, 2.05) is 20.2 Å². The first-order valence-electron chi connectivity index (χ1n) is 14.8. The van der Waals surface area contributed by atoms with Crippen LogP contribution >= 0.6 is 46.4 Å². The zero-order valence-corrected chi connectivity index (χ0v) is 29.1. The standard InChI is InChI=1S/C27H42Cl4N4O6S2/c1-32-22-14-18(28)20(30)16-24(22)34(10-3-5-12-42(36,37)38)26(32)8-7-9-27-33(2)23-15-19(29)21(31)17-25(23)35(27)11-4-6-13-43(39,40)41/h7-9,18-25H,3-6,10-17H2,1-2H3,(H-,36,37,38,39,40,41)/p+1. The van der Waals surface area contributed by atoms with Gasteiger partial charge in [-0.15, -0.1) is 46.4 Å². The molecule has 43 heavy (non-hydrogen) atoms. The van der Waals surface area contributed by atoms with Crippen molar-refractivity contribution < 1.29 is 30.5 Å². The SMILES string of the molecule is CN1C(=CC=CC2=[N+](C)C3CC(Cl)C(Cl)CC3N2CCCCS(=O)(=O)O)N(CCCCS(=O)(=O)O)C2CC(Cl)C(Cl)CC21. The number of unbranched alkanes of at least 4 members (excludes halogenated alkanes) is 2. The summed E-state index contributed by atoms with van der Waals surface area (Å²) in [5.74, 6) is 1.44. The molecule has 2 aliphatic heterocycles. The van der Waals surface area contributed by atoms with Gasteiger partial charge in [-0.2, -0.15) is 16.8 Å². The van der Waals surface area contributed by atoms with E-state index in [9.17, 15) is 16.8 Å². The first-order valence-corrected chi connectivity index (χ1v) is 19.7. The topological polar surface area (TPSA) is 121 Å². The fourth-order valence-electron chi connectivity index (χ4n) is 7.07. The summed E-state index contributed by atoms with van der Waals surface area (Å²) in [7, 11) is -3.94. The largest absolute Gasteiger partial charge is 0.356 e. The molecule has 0 amide bonds. The first kappa shape index (κ1) is 35.4. The molecular weight excluding hydrogens is 682 g/mol. The number of nitrogens with zero attached hydrogens (tertiary/aromatic N) is 4. The number of halogens is 4. The van der Waals surface area contributed by atoms with Gasteiger partial charge in [-0.1, -0.05) is 6.08 Å². The molecule has 2 aliphatic carbocycles. The van der Waals surface area contributed by atoms with Gasteiger partial charge in [0.25, 0.3) is 26.1 Å². The highest BCUT2D eigenvalue weighted by Crippen LogP contribution is 2.41. The zero-order valence-electron chi connectivity index (χ0n) is 24.5. The average molecular weight is 726 g/mol. The molecule has 16 heteroatoms. The maximum atomic E-state index is 11.2. The predicted octanol–water partition coefficient (Wildman–Crippen LogP) is 3.82. The van der Waals surface area contributed by atoms with Crippen molar-refractivity contribution in [3.05, 3.63) is 24.0 Å². The van der Waals surface area contributed by atoms with Crippen LogP contribution in [0, 0.1) is 0 Å². The molecule has 1 saturated heterocycles. The Morgan fingerprint density at radius 1 is 0.767 bits per heavy atom. The molecule has 2 heterocycles. The van der Waals surface area contributed by atoms with Crippen LogP contribution in [0.1, 0.15) is 51.4 Å². The van der Waals surface area contributed by atoms with Crippen LogP contribution in [0.15, 0.2) is 24.0 Å². The molecule has 246 valence electrons. The first-order chi connectivity index (χ1) is 20.1. The van der Waals surface area contributed by atoms with Crippen molar-refractivity contribution in [2.75, 3.05) is 38.7 Å². The van der Waals surface area contributed by atoms with Gasteiger partial charge in [0.1, 0.15) is 17.9 Å². The van der Waals surface area contributed by atoms with Crippen LogP contribution in [0.2, 0.25) is 0 Å². The number of alkyl halides is 4. The van der Waals surface area contributed by atoms with Crippen LogP contribution in [0.4, 0.5) is 0 Å². The molecule has 0 aromatic rings. The number of likely N-dealkylation sites (N-methyl/N-ethyl adjacent to an activating group) is 2. The molecule has 8 unspecified atom stereocenters. The quantitative estimate of drug-likeness (QED) is 0.134. The molecule has 8 atom stereocenters. The minimum atomic E-state index is -4.01. The highest BCUT2D eigenvalue weighted by Gasteiger charge is 2.51. The molecule has 10 nitrogen and oxygen atoms in total. The second kappa shape index (κ2) is 14.5. The van der Waals surface area contributed by atoms with Crippen molar-refractivity contribution in [2.45, 2.75) is 97.0 Å². The third kappa shape index (κ3) is 8.87. The molecule has 0 aromatic carbocycles. The fourth-order valence-corrected chi connectivity index (χ4v) is 9.35. The number of fused-ring (bicyclic) bond motifs is 2. The lowest BCUT2D eigenvalue weighted by atomic mass is 9.89. The van der Waals surface area contributed by atoms with E-state index in [2.05, 4.69) is 31.4 Å². The predicted molar refractivity (Wildman–Crippen MR) is 173 cm³/mol. The van der Waals surface area contributed by atoms with Gasteiger partial charge in [0.05, 0.1) is 58.7 Å². The van der Waals surface area contributed by atoms with Gasteiger partial charge >= 0.3 is 0 Å². The van der Waals surface area contributed by atoms with Crippen LogP contribution in [-0.2, 0) is 20.2 Å². The minimum absolute atomic E-state index is 0.137. The van der Waals surface area contributed by atoms with Crippen molar-refractivity contribution in [3.8, 4) is 0 Å². The third-order valence-electron chi connectivity index (χ3n) is 9.24. The second-order valence-corrected chi connectivity index (χ2v) is 17.5. The van der Waals surface area contributed by atoms with E-state index in [1.165, 1.54) is 0 Å². The van der Waals surface area contributed by atoms with Gasteiger partial charge in [0.15, 0.2) is 0 Å². The van der Waals surface area contributed by atoms with E-state index >= 15 is 0 Å². The Labute approximate surface area is 276 Å². The normalized spacial score (nSPS) is 34.5. The Morgan fingerprint density at radius 2 is 1.26 bits per heavy atom. The summed E-state index contributed by atoms with van der Waals surface area (Å²) in [6.07, 6.45) is 10.9. The Morgan fingerprint density at radius 3 is 1.81 bits per heavy atom. The van der Waals surface area contributed by atoms with Gasteiger partial charge in [-0.3, -0.25) is 18.6 Å². The molecular formula is C27H43Cl4N4O6S2+. The molecule has 0 aromatic heterocycles. The van der Waals surface area contributed by atoms with E-state index in [-0.39, 0.29) is 57.2 Å². The maximum absolute atomic E-state index is 11.2. The summed E-state index contributed by atoms with van der Waals surface area (Å²) < 4.78 is 65.5. The van der Waals surface area contributed by atoms with Crippen LogP contribution in [0.3, 0.4) is 0 Å². The number of hydrogen-bond acceptors (Lipinski definition) is 7. The third-order valence-corrected chi connectivity index (χ3v) is 13.0. The summed E-state index contributed by atoms with van der Waals surface area (Å²) in [5.41, 5.74) is 0. The fraction of sp³-hybridized carbons (Fsp3) is 0.815. The zero-order chi connectivity index (χ0) is 31.7. The Kier molecular flexibility index (Phi) is 12.0. The number of rotatable bonds is 12. The summed E-state index contributed by atoms with van der Waals surface area (Å²) in [6, 6.07) is 0.615. The molecule has 0 radical (unpaired) electrons. The lowest BCUT2D eigenvalue weighted by Gasteiger charge is -2.36. The monoisotopic (exact) mass is 723 g/mol. The van der Waals surface area contributed by atoms with Crippen LogP contribution in [0.25, 0.3) is 0 Å². The van der Waals surface area contributed by atoms with Gasteiger partial charge < -0.3 is 9.80 Å². The molecule has 4 rings (SSSR count). The smallest absolute Gasteiger partial charge is 0.272 e. The van der Waals surface area contributed by atoms with E-state index in [1.54, 1.807) is 0 Å². The van der Waals surface area contributed by atoms with Crippen LogP contribution in [-0.4, -0.2) is 135 Å². The van der Waals surface area contributed by atoms with Crippen molar-refractivity contribution in [1.29, 1.82) is 0 Å². The molecule has 0 spiro atoms. The van der Waals surface area contributed by atoms with Crippen LogP contribution < -0.4 is 0 Å². The van der Waals surface area contributed by atoms with Gasteiger partial charge in [0.2, 0.25) is 0 Å². The van der Waals surface area contributed by atoms with E-state index in [0.29, 0.717) is 51.6 Å². The van der Waals surface area contributed by atoms with Gasteiger partial charge in [-0.05, 0) is 44.6 Å². The van der Waals surface area contributed by atoms with E-state index in [0.717, 1.165) is 24.5 Å². The number of allylic oxidation sites excluding steroid dienone is 2. The lowest BCUT2D eigenvalue weighted by molar-refractivity contribution is -0.533. The number of amidine groups is 1. The van der Waals surface area contributed by atoms with Crippen molar-refractivity contribution in [3.63, 3.8) is 0 Å². The molecule has 3 fully saturated rings. The highest BCUT2D eigenvalue weighted by atomic mass is 35.5. The number of hydrogen-bond donors (Lipinski definition) is 2. The van der Waals surface area contributed by atoms with Crippen LogP contribution in [0.5, 0.6) is 0 Å². The average Bonchev–Trinajstić information content (AvgIpc) is 3.29. The van der Waals surface area contributed by atoms with Crippen molar-refractivity contribution in [2.24, 2.45) is 0 Å². The summed E-state index contributed by atoms with van der Waals surface area (Å²) in [6.45, 7) is 1.23. The Bertz CT molecular complexity index is 1310. The van der Waals surface area contributed by atoms with E-state index < -0.39 is 20.2 Å². The molecule has 2 saturated carbocycles. The minimum Gasteiger partial charge on any atom is -0.356 e. The summed E-state index contributed by atoms with van der Waals surface area (Å²) in [5, 5.41) is -0.607. The Hall–Kier alpha value is -0.470. The van der Waals surface area contributed by atoms with E-state index in [4.69, 9.17) is 55.5 Å². The maximum Gasteiger partial charge on any atom is 0.272 e. The van der Waals surface area contributed by atoms with Crippen molar-refractivity contribution >= 4 is 72.5 Å².